The van der Waals surface area contributed by atoms with Crippen molar-refractivity contribution in [1.29, 1.82) is 0 Å². The number of carbonyl (C=O) groups excluding carboxylic acids is 1. The van der Waals surface area contributed by atoms with Gasteiger partial charge in [-0.1, -0.05) is 31.2 Å². The Kier molecular flexibility index (Phi) is 5.66. The summed E-state index contributed by atoms with van der Waals surface area (Å²) in [5, 5.41) is 11.6. The molecule has 3 N–H and O–H groups in total. The minimum Gasteiger partial charge on any atom is -0.478 e. The Bertz CT molecular complexity index is 988. The van der Waals surface area contributed by atoms with E-state index in [-0.39, 0.29) is 5.91 Å². The lowest BCUT2D eigenvalue weighted by Gasteiger charge is -2.03. The molecule has 6 nitrogen and oxygen atoms in total. The van der Waals surface area contributed by atoms with Crippen LogP contribution >= 0.6 is 0 Å². The van der Waals surface area contributed by atoms with Crippen LogP contribution in [0.5, 0.6) is 0 Å². The number of H-pyrrole nitrogens is 1. The van der Waals surface area contributed by atoms with Gasteiger partial charge in [0, 0.05) is 24.6 Å². The molecule has 0 aliphatic heterocycles. The lowest BCUT2D eigenvalue weighted by atomic mass is 10.1. The molecule has 1 aromatic heterocycles. The number of imidazole rings is 1. The third kappa shape index (κ3) is 5.04. The average molecular weight is 363 g/mol. The lowest BCUT2D eigenvalue weighted by molar-refractivity contribution is -0.131. The predicted molar refractivity (Wildman–Crippen MR) is 106 cm³/mol. The Balaban J connectivity index is 1.71. The van der Waals surface area contributed by atoms with Crippen molar-refractivity contribution in [3.8, 4) is 0 Å². The zero-order valence-electron chi connectivity index (χ0n) is 15.0. The van der Waals surface area contributed by atoms with Crippen LogP contribution in [0.15, 0.2) is 48.5 Å². The van der Waals surface area contributed by atoms with Gasteiger partial charge in [0.2, 0.25) is 5.91 Å². The molecule has 0 fully saturated rings. The summed E-state index contributed by atoms with van der Waals surface area (Å²) in [5.41, 5.74) is 4.38. The number of aromatic amines is 1. The van der Waals surface area contributed by atoms with Gasteiger partial charge < -0.3 is 15.4 Å². The second kappa shape index (κ2) is 8.31. The summed E-state index contributed by atoms with van der Waals surface area (Å²) in [6, 6.07) is 13.3. The first kappa shape index (κ1) is 18.4. The highest BCUT2D eigenvalue weighted by molar-refractivity contribution is 5.93. The third-order valence-corrected chi connectivity index (χ3v) is 4.06. The molecule has 27 heavy (non-hydrogen) atoms. The Morgan fingerprint density at radius 3 is 2.67 bits per heavy atom. The number of nitrogens with zero attached hydrogens (tertiary/aromatic N) is 1. The maximum absolute atomic E-state index is 11.7. The van der Waals surface area contributed by atoms with Crippen molar-refractivity contribution in [2.75, 3.05) is 5.32 Å². The highest BCUT2D eigenvalue weighted by atomic mass is 16.4. The van der Waals surface area contributed by atoms with Crippen LogP contribution in [-0.2, 0) is 16.0 Å². The number of hydrogen-bond acceptors (Lipinski definition) is 3. The SMILES string of the molecule is CCCC(=O)Nc1ccc2nc(Cc3ccc(C=CC(=O)O)cc3)[nH]c2c1. The van der Waals surface area contributed by atoms with E-state index in [1.54, 1.807) is 6.08 Å². The van der Waals surface area contributed by atoms with Crippen molar-refractivity contribution in [2.24, 2.45) is 0 Å². The van der Waals surface area contributed by atoms with E-state index in [2.05, 4.69) is 15.3 Å². The number of carbonyl (C=O) groups is 2. The normalized spacial score (nSPS) is 11.1. The molecule has 0 aliphatic carbocycles. The first-order valence-electron chi connectivity index (χ1n) is 8.82. The number of fused-ring (bicyclic) bond motifs is 1. The number of rotatable bonds is 7. The molecule has 3 rings (SSSR count). The molecule has 0 saturated carbocycles. The van der Waals surface area contributed by atoms with Crippen molar-refractivity contribution >= 4 is 34.7 Å². The molecule has 0 radical (unpaired) electrons. The molecule has 1 amide bonds. The van der Waals surface area contributed by atoms with E-state index < -0.39 is 5.97 Å². The number of aromatic nitrogens is 2. The van der Waals surface area contributed by atoms with E-state index in [1.807, 2.05) is 49.4 Å². The fourth-order valence-electron chi connectivity index (χ4n) is 2.78. The van der Waals surface area contributed by atoms with Crippen LogP contribution in [0.2, 0.25) is 0 Å². The number of benzene rings is 2. The van der Waals surface area contributed by atoms with Crippen LogP contribution in [-0.4, -0.2) is 27.0 Å². The van der Waals surface area contributed by atoms with E-state index in [0.717, 1.165) is 46.2 Å². The van der Waals surface area contributed by atoms with Gasteiger partial charge in [0.05, 0.1) is 11.0 Å². The molecule has 1 heterocycles. The maximum Gasteiger partial charge on any atom is 0.328 e. The molecule has 2 aromatic carbocycles. The molecule has 0 atom stereocenters. The fourth-order valence-corrected chi connectivity index (χ4v) is 2.78. The van der Waals surface area contributed by atoms with Gasteiger partial charge in [-0.3, -0.25) is 4.79 Å². The van der Waals surface area contributed by atoms with Gasteiger partial charge in [0.15, 0.2) is 0 Å². The molecule has 0 unspecified atom stereocenters. The number of carboxylic acid groups (broad SMARTS) is 1. The second-order valence-corrected chi connectivity index (χ2v) is 6.30. The zero-order valence-corrected chi connectivity index (χ0v) is 15.0. The smallest absolute Gasteiger partial charge is 0.328 e. The molecular weight excluding hydrogens is 342 g/mol. The summed E-state index contributed by atoms with van der Waals surface area (Å²) in [6.45, 7) is 1.97. The van der Waals surface area contributed by atoms with Crippen LogP contribution in [0, 0.1) is 0 Å². The topological polar surface area (TPSA) is 95.1 Å². The van der Waals surface area contributed by atoms with E-state index in [0.29, 0.717) is 12.8 Å². The van der Waals surface area contributed by atoms with Gasteiger partial charge >= 0.3 is 5.97 Å². The summed E-state index contributed by atoms with van der Waals surface area (Å²) < 4.78 is 0. The first-order chi connectivity index (χ1) is 13.0. The Labute approximate surface area is 156 Å². The van der Waals surface area contributed by atoms with Crippen LogP contribution in [0.3, 0.4) is 0 Å². The van der Waals surface area contributed by atoms with Crippen LogP contribution in [0.4, 0.5) is 5.69 Å². The van der Waals surface area contributed by atoms with Crippen molar-refractivity contribution < 1.29 is 14.7 Å². The number of anilines is 1. The van der Waals surface area contributed by atoms with E-state index >= 15 is 0 Å². The van der Waals surface area contributed by atoms with E-state index in [4.69, 9.17) is 5.11 Å². The van der Waals surface area contributed by atoms with Crippen molar-refractivity contribution in [3.05, 3.63) is 65.5 Å². The van der Waals surface area contributed by atoms with Crippen LogP contribution in [0.25, 0.3) is 17.1 Å². The van der Waals surface area contributed by atoms with Gasteiger partial charge in [0.25, 0.3) is 0 Å². The summed E-state index contributed by atoms with van der Waals surface area (Å²) in [6.07, 6.45) is 4.62. The van der Waals surface area contributed by atoms with E-state index in [1.165, 1.54) is 0 Å². The monoisotopic (exact) mass is 363 g/mol. The van der Waals surface area contributed by atoms with Crippen LogP contribution < -0.4 is 5.32 Å². The molecule has 6 heteroatoms. The maximum atomic E-state index is 11.7. The molecule has 0 saturated heterocycles. The Morgan fingerprint density at radius 2 is 1.96 bits per heavy atom. The van der Waals surface area contributed by atoms with Gasteiger partial charge in [-0.25, -0.2) is 9.78 Å². The second-order valence-electron chi connectivity index (χ2n) is 6.30. The van der Waals surface area contributed by atoms with Gasteiger partial charge in [-0.15, -0.1) is 0 Å². The van der Waals surface area contributed by atoms with Crippen molar-refractivity contribution in [2.45, 2.75) is 26.2 Å². The zero-order chi connectivity index (χ0) is 19.2. The first-order valence-corrected chi connectivity index (χ1v) is 8.82. The molecule has 0 aliphatic rings. The molecule has 0 spiro atoms. The third-order valence-electron chi connectivity index (χ3n) is 4.06. The average Bonchev–Trinajstić information content (AvgIpc) is 3.02. The number of amides is 1. The van der Waals surface area contributed by atoms with Crippen molar-refractivity contribution in [3.63, 3.8) is 0 Å². The standard InChI is InChI=1S/C21H21N3O3/c1-2-3-20(25)22-16-9-10-17-18(13-16)24-19(23-17)12-15-6-4-14(5-7-15)8-11-21(26)27/h4-11,13H,2-3,12H2,1H3,(H,22,25)(H,23,24)(H,26,27). The highest BCUT2D eigenvalue weighted by Crippen LogP contribution is 2.19. The summed E-state index contributed by atoms with van der Waals surface area (Å²) >= 11 is 0. The number of hydrogen-bond donors (Lipinski definition) is 3. The molecular formula is C21H21N3O3. The minimum absolute atomic E-state index is 0.00799. The van der Waals surface area contributed by atoms with Crippen LogP contribution in [0.1, 0.15) is 36.7 Å². The van der Waals surface area contributed by atoms with Gasteiger partial charge in [-0.2, -0.15) is 0 Å². The largest absolute Gasteiger partial charge is 0.478 e. The number of nitrogens with one attached hydrogen (secondary N) is 2. The Hall–Kier alpha value is -3.41. The predicted octanol–water partition coefficient (Wildman–Crippen LogP) is 3.99. The highest BCUT2D eigenvalue weighted by Gasteiger charge is 2.07. The summed E-state index contributed by atoms with van der Waals surface area (Å²) in [5.74, 6) is -0.129. The molecule has 0 bridgehead atoms. The van der Waals surface area contributed by atoms with E-state index in [9.17, 15) is 9.59 Å². The Morgan fingerprint density at radius 1 is 1.19 bits per heavy atom. The quantitative estimate of drug-likeness (QED) is 0.553. The van der Waals surface area contributed by atoms with Gasteiger partial charge in [-0.05, 0) is 41.8 Å². The summed E-state index contributed by atoms with van der Waals surface area (Å²) in [7, 11) is 0. The lowest BCUT2D eigenvalue weighted by Crippen LogP contribution is -2.10. The number of carboxylic acids is 1. The summed E-state index contributed by atoms with van der Waals surface area (Å²) in [4.78, 5) is 30.2. The molecule has 3 aromatic rings. The van der Waals surface area contributed by atoms with Crippen molar-refractivity contribution in [1.82, 2.24) is 9.97 Å². The van der Waals surface area contributed by atoms with Gasteiger partial charge in [0.1, 0.15) is 5.82 Å². The molecule has 138 valence electrons. The minimum atomic E-state index is -0.966. The number of aliphatic carboxylic acids is 1. The fraction of sp³-hybridized carbons (Fsp3) is 0.190.